The number of piperidine rings is 1. The molecule has 0 unspecified atom stereocenters. The largest absolute Gasteiger partial charge is 0.371 e. The van der Waals surface area contributed by atoms with Crippen LogP contribution in [0, 0.1) is 12.3 Å². The maximum Gasteiger partial charge on any atom is 0.0396 e. The number of aryl methyl sites for hydroxylation is 1. The van der Waals surface area contributed by atoms with E-state index in [1.807, 2.05) is 0 Å². The molecule has 2 aliphatic rings. The smallest absolute Gasteiger partial charge is 0.0396 e. The molecule has 2 heteroatoms. The molecule has 1 spiro atoms. The molecule has 1 heterocycles. The first-order chi connectivity index (χ1) is 9.72. The summed E-state index contributed by atoms with van der Waals surface area (Å²) in [5.74, 6) is 0. The van der Waals surface area contributed by atoms with Crippen molar-refractivity contribution in [2.24, 2.45) is 5.41 Å². The summed E-state index contributed by atoms with van der Waals surface area (Å²) in [6, 6.07) is 6.92. The van der Waals surface area contributed by atoms with Crippen LogP contribution in [0.5, 0.6) is 0 Å². The SMILES string of the molecule is Cc1cc(CBr)ccc1N1CCC2(CCCCC2)CC1. The zero-order valence-corrected chi connectivity index (χ0v) is 14.2. The highest BCUT2D eigenvalue weighted by molar-refractivity contribution is 9.08. The topological polar surface area (TPSA) is 3.24 Å². The second kappa shape index (κ2) is 6.09. The van der Waals surface area contributed by atoms with E-state index in [-0.39, 0.29) is 0 Å². The van der Waals surface area contributed by atoms with Gasteiger partial charge in [0.15, 0.2) is 0 Å². The number of halogens is 1. The van der Waals surface area contributed by atoms with Crippen LogP contribution in [0.2, 0.25) is 0 Å². The normalized spacial score (nSPS) is 22.2. The van der Waals surface area contributed by atoms with Crippen molar-refractivity contribution in [1.29, 1.82) is 0 Å². The van der Waals surface area contributed by atoms with Crippen molar-refractivity contribution in [3.05, 3.63) is 29.3 Å². The Morgan fingerprint density at radius 3 is 2.35 bits per heavy atom. The van der Waals surface area contributed by atoms with Crippen molar-refractivity contribution < 1.29 is 0 Å². The predicted molar refractivity (Wildman–Crippen MR) is 90.8 cm³/mol. The third kappa shape index (κ3) is 2.90. The zero-order chi connectivity index (χ0) is 14.0. The average Bonchev–Trinajstić information content (AvgIpc) is 2.49. The van der Waals surface area contributed by atoms with Crippen molar-refractivity contribution >= 4 is 21.6 Å². The maximum absolute atomic E-state index is 3.55. The van der Waals surface area contributed by atoms with E-state index in [2.05, 4.69) is 46.0 Å². The number of hydrogen-bond donors (Lipinski definition) is 0. The monoisotopic (exact) mass is 335 g/mol. The van der Waals surface area contributed by atoms with Crippen molar-refractivity contribution in [2.75, 3.05) is 18.0 Å². The van der Waals surface area contributed by atoms with Gasteiger partial charge >= 0.3 is 0 Å². The molecule has 1 nitrogen and oxygen atoms in total. The van der Waals surface area contributed by atoms with Crippen molar-refractivity contribution in [3.8, 4) is 0 Å². The summed E-state index contributed by atoms with van der Waals surface area (Å²) in [6.45, 7) is 4.77. The third-order valence-electron chi connectivity index (χ3n) is 5.49. The van der Waals surface area contributed by atoms with Gasteiger partial charge in [-0.05, 0) is 55.2 Å². The van der Waals surface area contributed by atoms with Crippen LogP contribution in [0.15, 0.2) is 18.2 Å². The second-order valence-electron chi connectivity index (χ2n) is 6.80. The molecule has 1 saturated carbocycles. The number of nitrogens with zero attached hydrogens (tertiary/aromatic N) is 1. The lowest BCUT2D eigenvalue weighted by Crippen LogP contribution is -2.41. The van der Waals surface area contributed by atoms with E-state index >= 15 is 0 Å². The van der Waals surface area contributed by atoms with Gasteiger partial charge in [0.05, 0.1) is 0 Å². The molecule has 0 amide bonds. The van der Waals surface area contributed by atoms with Gasteiger partial charge in [0.2, 0.25) is 0 Å². The van der Waals surface area contributed by atoms with E-state index < -0.39 is 0 Å². The first-order valence-corrected chi connectivity index (χ1v) is 9.25. The Hall–Kier alpha value is -0.500. The van der Waals surface area contributed by atoms with Crippen LogP contribution >= 0.6 is 15.9 Å². The van der Waals surface area contributed by atoms with Crippen molar-refractivity contribution in [2.45, 2.75) is 57.2 Å². The van der Waals surface area contributed by atoms with Crippen LogP contribution in [-0.4, -0.2) is 13.1 Å². The van der Waals surface area contributed by atoms with Gasteiger partial charge in [0.1, 0.15) is 0 Å². The minimum Gasteiger partial charge on any atom is -0.371 e. The predicted octanol–water partition coefficient (Wildman–Crippen LogP) is 5.44. The molecule has 0 atom stereocenters. The molecular formula is C18H26BrN. The lowest BCUT2D eigenvalue weighted by atomic mass is 9.68. The number of hydrogen-bond acceptors (Lipinski definition) is 1. The number of rotatable bonds is 2. The van der Waals surface area contributed by atoms with Gasteiger partial charge in [0, 0.05) is 24.1 Å². The van der Waals surface area contributed by atoms with Crippen LogP contribution in [0.4, 0.5) is 5.69 Å². The van der Waals surface area contributed by atoms with E-state index in [1.54, 1.807) is 0 Å². The van der Waals surface area contributed by atoms with Gasteiger partial charge in [0.25, 0.3) is 0 Å². The molecule has 3 rings (SSSR count). The Morgan fingerprint density at radius 2 is 1.75 bits per heavy atom. The minimum absolute atomic E-state index is 0.707. The Balaban J connectivity index is 1.68. The first-order valence-electron chi connectivity index (χ1n) is 8.13. The van der Waals surface area contributed by atoms with E-state index in [0.29, 0.717) is 5.41 Å². The Labute approximate surface area is 131 Å². The average molecular weight is 336 g/mol. The van der Waals surface area contributed by atoms with Crippen LogP contribution in [0.1, 0.15) is 56.1 Å². The third-order valence-corrected chi connectivity index (χ3v) is 6.14. The summed E-state index contributed by atoms with van der Waals surface area (Å²) < 4.78 is 0. The fourth-order valence-electron chi connectivity index (χ4n) is 4.18. The molecule has 1 aromatic carbocycles. The fourth-order valence-corrected chi connectivity index (χ4v) is 4.53. The highest BCUT2D eigenvalue weighted by atomic mass is 79.9. The summed E-state index contributed by atoms with van der Waals surface area (Å²) in [4.78, 5) is 2.62. The van der Waals surface area contributed by atoms with Crippen molar-refractivity contribution in [1.82, 2.24) is 0 Å². The molecule has 1 saturated heterocycles. The molecule has 0 bridgehead atoms. The van der Waals surface area contributed by atoms with E-state index in [9.17, 15) is 0 Å². The van der Waals surface area contributed by atoms with Gasteiger partial charge in [-0.1, -0.05) is 47.3 Å². The molecule has 0 radical (unpaired) electrons. The lowest BCUT2D eigenvalue weighted by molar-refractivity contribution is 0.144. The summed E-state index contributed by atoms with van der Waals surface area (Å²) in [7, 11) is 0. The lowest BCUT2D eigenvalue weighted by Gasteiger charge is -2.45. The van der Waals surface area contributed by atoms with Crippen LogP contribution < -0.4 is 4.90 Å². The standard InChI is InChI=1S/C18H26BrN/c1-15-13-16(14-19)5-6-17(15)20-11-9-18(10-12-20)7-3-2-4-8-18/h5-6,13H,2-4,7-12,14H2,1H3. The molecule has 20 heavy (non-hydrogen) atoms. The van der Waals surface area contributed by atoms with E-state index in [1.165, 1.54) is 74.8 Å². The van der Waals surface area contributed by atoms with Crippen LogP contribution in [-0.2, 0) is 5.33 Å². The summed E-state index contributed by atoms with van der Waals surface area (Å²) in [5.41, 5.74) is 4.98. The zero-order valence-electron chi connectivity index (χ0n) is 12.6. The molecule has 1 aliphatic carbocycles. The summed E-state index contributed by atoms with van der Waals surface area (Å²) in [6.07, 6.45) is 10.2. The molecule has 1 aliphatic heterocycles. The van der Waals surface area contributed by atoms with Gasteiger partial charge in [-0.25, -0.2) is 0 Å². The van der Waals surface area contributed by atoms with Gasteiger partial charge < -0.3 is 4.90 Å². The van der Waals surface area contributed by atoms with Gasteiger partial charge in [-0.15, -0.1) is 0 Å². The van der Waals surface area contributed by atoms with Crippen molar-refractivity contribution in [3.63, 3.8) is 0 Å². The molecule has 110 valence electrons. The summed E-state index contributed by atoms with van der Waals surface area (Å²) >= 11 is 3.55. The Morgan fingerprint density at radius 1 is 1.05 bits per heavy atom. The van der Waals surface area contributed by atoms with E-state index in [4.69, 9.17) is 0 Å². The highest BCUT2D eigenvalue weighted by Crippen LogP contribution is 2.45. The van der Waals surface area contributed by atoms with Crippen LogP contribution in [0.3, 0.4) is 0 Å². The number of benzene rings is 1. The molecule has 2 fully saturated rings. The highest BCUT2D eigenvalue weighted by Gasteiger charge is 2.35. The fraction of sp³-hybridized carbons (Fsp3) is 0.667. The molecular weight excluding hydrogens is 310 g/mol. The first kappa shape index (κ1) is 14.4. The van der Waals surface area contributed by atoms with Crippen LogP contribution in [0.25, 0.3) is 0 Å². The molecule has 0 aromatic heterocycles. The molecule has 0 N–H and O–H groups in total. The molecule has 1 aromatic rings. The van der Waals surface area contributed by atoms with Gasteiger partial charge in [-0.3, -0.25) is 0 Å². The van der Waals surface area contributed by atoms with Gasteiger partial charge in [-0.2, -0.15) is 0 Å². The number of anilines is 1. The second-order valence-corrected chi connectivity index (χ2v) is 7.36. The quantitative estimate of drug-likeness (QED) is 0.650. The Bertz CT molecular complexity index is 452. The minimum atomic E-state index is 0.707. The van der Waals surface area contributed by atoms with E-state index in [0.717, 1.165) is 5.33 Å². The Kier molecular flexibility index (Phi) is 4.40. The maximum atomic E-state index is 3.55. The summed E-state index contributed by atoms with van der Waals surface area (Å²) in [5, 5.41) is 0.956. The number of alkyl halides is 1.